The van der Waals surface area contributed by atoms with Gasteiger partial charge in [-0.05, 0) is 31.9 Å². The maximum absolute atomic E-state index is 11.6. The van der Waals surface area contributed by atoms with E-state index in [4.69, 9.17) is 4.43 Å². The van der Waals surface area contributed by atoms with Crippen molar-refractivity contribution in [1.29, 1.82) is 0 Å². The molecular weight excluding hydrogens is 194 g/mol. The number of hydrogen-bond donors (Lipinski definition) is 0. The average molecular weight is 210 g/mol. The largest absolute Gasteiger partial charge is 0.418 e. The van der Waals surface area contributed by atoms with Crippen LogP contribution in [0.15, 0.2) is 0 Å². The second-order valence-electron chi connectivity index (χ2n) is 3.74. The van der Waals surface area contributed by atoms with Gasteiger partial charge in [-0.25, -0.2) is 0 Å². The lowest BCUT2D eigenvalue weighted by atomic mass is 9.83. The van der Waals surface area contributed by atoms with Gasteiger partial charge in [0, 0.05) is 6.10 Å². The Balaban J connectivity index is 1.98. The molecule has 1 rings (SSSR count). The van der Waals surface area contributed by atoms with Crippen molar-refractivity contribution in [2.75, 3.05) is 6.61 Å². The van der Waals surface area contributed by atoms with Crippen LogP contribution in [0.4, 0.5) is 8.78 Å². The molecule has 2 nitrogen and oxygen atoms in total. The molecule has 1 fully saturated rings. The van der Waals surface area contributed by atoms with Crippen LogP contribution in [0, 0.1) is 5.92 Å². The Kier molecular flexibility index (Phi) is 4.28. The SMILES string of the molecule is C[SiH](C)OC1CC(COC(F)F)C1. The van der Waals surface area contributed by atoms with E-state index in [1.165, 1.54) is 0 Å². The van der Waals surface area contributed by atoms with E-state index in [0.717, 1.165) is 12.8 Å². The number of rotatable bonds is 5. The summed E-state index contributed by atoms with van der Waals surface area (Å²) in [6.07, 6.45) is 2.09. The Morgan fingerprint density at radius 1 is 1.38 bits per heavy atom. The molecule has 0 aromatic heterocycles. The molecule has 78 valence electrons. The standard InChI is InChI=1S/C8H16F2O2Si/c1-13(2)12-7-3-6(4-7)5-11-8(9)10/h6-8,13H,3-5H2,1-2H3. The normalized spacial score (nSPS) is 28.2. The summed E-state index contributed by atoms with van der Waals surface area (Å²) in [7, 11) is -0.951. The summed E-state index contributed by atoms with van der Waals surface area (Å²) in [6.45, 7) is 1.78. The van der Waals surface area contributed by atoms with Gasteiger partial charge in [0.1, 0.15) is 0 Å². The van der Waals surface area contributed by atoms with E-state index >= 15 is 0 Å². The van der Waals surface area contributed by atoms with E-state index in [9.17, 15) is 8.78 Å². The zero-order chi connectivity index (χ0) is 9.84. The quantitative estimate of drug-likeness (QED) is 0.646. The highest BCUT2D eigenvalue weighted by atomic mass is 28.3. The highest BCUT2D eigenvalue weighted by molar-refractivity contribution is 6.48. The van der Waals surface area contributed by atoms with Crippen LogP contribution in [0.25, 0.3) is 0 Å². The van der Waals surface area contributed by atoms with Crippen molar-refractivity contribution in [3.8, 4) is 0 Å². The third-order valence-electron chi connectivity index (χ3n) is 2.11. The van der Waals surface area contributed by atoms with Crippen molar-refractivity contribution >= 4 is 9.04 Å². The van der Waals surface area contributed by atoms with Crippen molar-refractivity contribution in [2.24, 2.45) is 5.92 Å². The van der Waals surface area contributed by atoms with Gasteiger partial charge in [0.05, 0.1) is 6.61 Å². The molecule has 0 aromatic carbocycles. The van der Waals surface area contributed by atoms with Gasteiger partial charge in [-0.2, -0.15) is 8.78 Å². The van der Waals surface area contributed by atoms with Gasteiger partial charge in [-0.15, -0.1) is 0 Å². The molecule has 0 aromatic rings. The van der Waals surface area contributed by atoms with Crippen molar-refractivity contribution in [1.82, 2.24) is 0 Å². The van der Waals surface area contributed by atoms with Gasteiger partial charge in [0.25, 0.3) is 0 Å². The Bertz CT molecular complexity index is 149. The molecule has 1 aliphatic carbocycles. The van der Waals surface area contributed by atoms with Gasteiger partial charge >= 0.3 is 6.61 Å². The first-order chi connectivity index (χ1) is 6.08. The third-order valence-corrected chi connectivity index (χ3v) is 3.04. The van der Waals surface area contributed by atoms with E-state index in [1.807, 2.05) is 0 Å². The molecule has 0 amide bonds. The van der Waals surface area contributed by atoms with Crippen molar-refractivity contribution < 1.29 is 17.9 Å². The van der Waals surface area contributed by atoms with E-state index in [0.29, 0.717) is 6.10 Å². The van der Waals surface area contributed by atoms with Crippen LogP contribution in [0.3, 0.4) is 0 Å². The third kappa shape index (κ3) is 4.15. The molecule has 0 aliphatic heterocycles. The van der Waals surface area contributed by atoms with Crippen LogP contribution in [0.1, 0.15) is 12.8 Å². The molecule has 0 spiro atoms. The van der Waals surface area contributed by atoms with Crippen LogP contribution in [-0.4, -0.2) is 28.4 Å². The lowest BCUT2D eigenvalue weighted by Crippen LogP contribution is -2.37. The minimum absolute atomic E-state index is 0.178. The average Bonchev–Trinajstić information content (AvgIpc) is 1.92. The first-order valence-corrected chi connectivity index (χ1v) is 7.41. The molecule has 1 aliphatic rings. The summed E-state index contributed by atoms with van der Waals surface area (Å²) in [5, 5.41) is 0. The van der Waals surface area contributed by atoms with E-state index in [1.54, 1.807) is 0 Å². The van der Waals surface area contributed by atoms with Crippen molar-refractivity contribution in [3.63, 3.8) is 0 Å². The Labute approximate surface area is 78.9 Å². The molecule has 0 atom stereocenters. The molecule has 13 heavy (non-hydrogen) atoms. The van der Waals surface area contributed by atoms with Crippen LogP contribution in [-0.2, 0) is 9.16 Å². The van der Waals surface area contributed by atoms with Crippen LogP contribution >= 0.6 is 0 Å². The zero-order valence-electron chi connectivity index (χ0n) is 8.00. The highest BCUT2D eigenvalue weighted by Gasteiger charge is 2.30. The van der Waals surface area contributed by atoms with Gasteiger partial charge in [-0.1, -0.05) is 0 Å². The fraction of sp³-hybridized carbons (Fsp3) is 1.00. The fourth-order valence-corrected chi connectivity index (χ4v) is 2.51. The van der Waals surface area contributed by atoms with Gasteiger partial charge in [0.15, 0.2) is 9.04 Å². The fourth-order valence-electron chi connectivity index (χ4n) is 1.52. The predicted molar refractivity (Wildman–Crippen MR) is 48.4 cm³/mol. The summed E-state index contributed by atoms with van der Waals surface area (Å²) in [5.74, 6) is 0.284. The van der Waals surface area contributed by atoms with E-state index in [2.05, 4.69) is 17.8 Å². The highest BCUT2D eigenvalue weighted by Crippen LogP contribution is 2.30. The molecule has 0 heterocycles. The lowest BCUT2D eigenvalue weighted by Gasteiger charge is -2.36. The molecule has 0 unspecified atom stereocenters. The number of ether oxygens (including phenoxy) is 1. The maximum Gasteiger partial charge on any atom is 0.345 e. The summed E-state index contributed by atoms with van der Waals surface area (Å²) >= 11 is 0. The molecule has 0 saturated heterocycles. The first kappa shape index (κ1) is 11.1. The summed E-state index contributed by atoms with van der Waals surface area (Å²) in [6, 6.07) is 0. The Hall–Kier alpha value is -0.00312. The van der Waals surface area contributed by atoms with Gasteiger partial charge < -0.3 is 9.16 Å². The predicted octanol–water partition coefficient (Wildman–Crippen LogP) is 2.00. The molecule has 0 bridgehead atoms. The lowest BCUT2D eigenvalue weighted by molar-refractivity contribution is -0.150. The minimum Gasteiger partial charge on any atom is -0.418 e. The number of hydrogen-bond acceptors (Lipinski definition) is 2. The topological polar surface area (TPSA) is 18.5 Å². The summed E-state index contributed by atoms with van der Waals surface area (Å²) in [4.78, 5) is 0. The van der Waals surface area contributed by atoms with Crippen molar-refractivity contribution in [2.45, 2.75) is 38.7 Å². The summed E-state index contributed by atoms with van der Waals surface area (Å²) in [5.41, 5.74) is 0. The Morgan fingerprint density at radius 3 is 2.46 bits per heavy atom. The second kappa shape index (κ2) is 5.02. The second-order valence-corrected chi connectivity index (χ2v) is 6.11. The number of halogens is 2. The van der Waals surface area contributed by atoms with Crippen LogP contribution in [0.2, 0.25) is 13.1 Å². The van der Waals surface area contributed by atoms with Gasteiger partial charge in [-0.3, -0.25) is 0 Å². The minimum atomic E-state index is -2.63. The number of alkyl halides is 2. The van der Waals surface area contributed by atoms with Crippen molar-refractivity contribution in [3.05, 3.63) is 0 Å². The van der Waals surface area contributed by atoms with E-state index in [-0.39, 0.29) is 12.5 Å². The molecule has 0 N–H and O–H groups in total. The molecular formula is C8H16F2O2Si. The molecule has 5 heteroatoms. The Morgan fingerprint density at radius 2 is 2.00 bits per heavy atom. The molecule has 1 saturated carbocycles. The van der Waals surface area contributed by atoms with Crippen LogP contribution < -0.4 is 0 Å². The van der Waals surface area contributed by atoms with Crippen LogP contribution in [0.5, 0.6) is 0 Å². The van der Waals surface area contributed by atoms with Gasteiger partial charge in [0.2, 0.25) is 0 Å². The monoisotopic (exact) mass is 210 g/mol. The zero-order valence-corrected chi connectivity index (χ0v) is 9.16. The first-order valence-electron chi connectivity index (χ1n) is 4.63. The molecule has 0 radical (unpaired) electrons. The summed E-state index contributed by atoms with van der Waals surface area (Å²) < 4.78 is 33.1. The smallest absolute Gasteiger partial charge is 0.345 e. The maximum atomic E-state index is 11.6. The van der Waals surface area contributed by atoms with E-state index < -0.39 is 15.7 Å².